The molecule has 0 saturated carbocycles. The molecule has 2 heterocycles. The van der Waals surface area contributed by atoms with Gasteiger partial charge in [-0.25, -0.2) is 5.43 Å². The zero-order valence-electron chi connectivity index (χ0n) is 15.2. The number of nitrogens with one attached hydrogen (secondary N) is 2. The number of rotatable bonds is 10. The Morgan fingerprint density at radius 1 is 1.39 bits per heavy atom. The predicted molar refractivity (Wildman–Crippen MR) is 106 cm³/mol. The van der Waals surface area contributed by atoms with Crippen molar-refractivity contribution in [1.82, 2.24) is 10.7 Å². The number of carbonyl (C=O) groups is 2. The lowest BCUT2D eigenvalue weighted by atomic mass is 10.1. The molecule has 2 rings (SSSR count). The van der Waals surface area contributed by atoms with Crippen molar-refractivity contribution in [2.75, 3.05) is 0 Å². The Kier molecular flexibility index (Phi) is 8.10. The second-order valence-electron chi connectivity index (χ2n) is 5.69. The lowest BCUT2D eigenvalue weighted by molar-refractivity contribution is -0.402. The van der Waals surface area contributed by atoms with Gasteiger partial charge >= 0.3 is 5.88 Å². The maximum absolute atomic E-state index is 12.3. The average Bonchev–Trinajstić information content (AvgIpc) is 3.36. The lowest BCUT2D eigenvalue weighted by Crippen LogP contribution is -2.45. The molecule has 0 bridgehead atoms. The van der Waals surface area contributed by atoms with Crippen LogP contribution in [0, 0.1) is 10.1 Å². The number of furan rings is 1. The summed E-state index contributed by atoms with van der Waals surface area (Å²) in [6.45, 7) is 2.00. The molecule has 0 saturated heterocycles. The molecule has 2 amide bonds. The topological polar surface area (TPSA) is 127 Å². The van der Waals surface area contributed by atoms with Crippen LogP contribution in [0.5, 0.6) is 0 Å². The molecule has 0 fully saturated rings. The van der Waals surface area contributed by atoms with Crippen molar-refractivity contribution in [1.29, 1.82) is 0 Å². The van der Waals surface area contributed by atoms with Crippen LogP contribution in [-0.4, -0.2) is 29.0 Å². The van der Waals surface area contributed by atoms with Crippen LogP contribution in [0.15, 0.2) is 45.2 Å². The predicted octanol–water partition coefficient (Wildman–Crippen LogP) is 3.35. The van der Waals surface area contributed by atoms with E-state index in [9.17, 15) is 19.7 Å². The standard InChI is InChI=1S/C18H20N4O5S/c1-2-3-7-14(20-18(24)15-8-5-12-28-15)17(23)21-19-11-4-6-13-9-10-16(27-13)22(25)26/h4-6,8-12,14H,2-3,7H2,1H3,(H,20,24)(H,21,23)/b6-4+,19-11+/t14-/m0/s1. The Morgan fingerprint density at radius 3 is 2.86 bits per heavy atom. The van der Waals surface area contributed by atoms with Gasteiger partial charge in [0, 0.05) is 6.21 Å². The zero-order valence-corrected chi connectivity index (χ0v) is 16.0. The minimum absolute atomic E-state index is 0.286. The first-order valence-electron chi connectivity index (χ1n) is 8.59. The molecule has 10 heteroatoms. The van der Waals surface area contributed by atoms with Crippen molar-refractivity contribution in [2.45, 2.75) is 32.2 Å². The van der Waals surface area contributed by atoms with E-state index in [0.717, 1.165) is 12.8 Å². The van der Waals surface area contributed by atoms with Gasteiger partial charge in [-0.2, -0.15) is 5.10 Å². The van der Waals surface area contributed by atoms with E-state index in [1.165, 1.54) is 41.8 Å². The number of unbranched alkanes of at least 4 members (excludes halogenated alkanes) is 1. The first kappa shape index (κ1) is 21.0. The first-order valence-corrected chi connectivity index (χ1v) is 9.47. The molecule has 0 aliphatic carbocycles. The fourth-order valence-electron chi connectivity index (χ4n) is 2.20. The van der Waals surface area contributed by atoms with E-state index in [1.54, 1.807) is 17.5 Å². The van der Waals surface area contributed by atoms with Gasteiger partial charge in [-0.05, 0) is 36.1 Å². The van der Waals surface area contributed by atoms with Crippen LogP contribution in [0.2, 0.25) is 0 Å². The maximum Gasteiger partial charge on any atom is 0.433 e. The molecule has 0 aliphatic heterocycles. The zero-order chi connectivity index (χ0) is 20.4. The van der Waals surface area contributed by atoms with Gasteiger partial charge in [0.1, 0.15) is 16.7 Å². The van der Waals surface area contributed by atoms with E-state index >= 15 is 0 Å². The van der Waals surface area contributed by atoms with Gasteiger partial charge in [-0.1, -0.05) is 25.8 Å². The molecular weight excluding hydrogens is 384 g/mol. The second kappa shape index (κ2) is 10.8. The summed E-state index contributed by atoms with van der Waals surface area (Å²) in [5, 5.41) is 18.8. The number of thiophene rings is 1. The van der Waals surface area contributed by atoms with E-state index < -0.39 is 16.9 Å². The van der Waals surface area contributed by atoms with Crippen molar-refractivity contribution in [3.63, 3.8) is 0 Å². The molecule has 148 valence electrons. The van der Waals surface area contributed by atoms with Gasteiger partial charge in [-0.15, -0.1) is 11.3 Å². The third-order valence-electron chi connectivity index (χ3n) is 3.60. The van der Waals surface area contributed by atoms with Crippen LogP contribution >= 0.6 is 11.3 Å². The van der Waals surface area contributed by atoms with Gasteiger partial charge in [-0.3, -0.25) is 19.7 Å². The van der Waals surface area contributed by atoms with Gasteiger partial charge in [0.2, 0.25) is 0 Å². The van der Waals surface area contributed by atoms with Crippen LogP contribution in [0.1, 0.15) is 41.6 Å². The first-order chi connectivity index (χ1) is 13.5. The van der Waals surface area contributed by atoms with E-state index in [0.29, 0.717) is 11.3 Å². The fourth-order valence-corrected chi connectivity index (χ4v) is 2.83. The number of nitrogens with zero attached hydrogens (tertiary/aromatic N) is 2. The van der Waals surface area contributed by atoms with Crippen LogP contribution in [0.4, 0.5) is 5.88 Å². The van der Waals surface area contributed by atoms with Gasteiger partial charge in [0.15, 0.2) is 0 Å². The third-order valence-corrected chi connectivity index (χ3v) is 4.47. The Labute approximate surface area is 165 Å². The minimum atomic E-state index is -0.691. The summed E-state index contributed by atoms with van der Waals surface area (Å²) in [5.74, 6) is -0.787. The molecule has 2 aromatic rings. The summed E-state index contributed by atoms with van der Waals surface area (Å²) in [6, 6.07) is 5.46. The van der Waals surface area contributed by atoms with Crippen LogP contribution in [0.3, 0.4) is 0 Å². The van der Waals surface area contributed by atoms with Gasteiger partial charge in [0.05, 0.1) is 10.9 Å². The van der Waals surface area contributed by atoms with Crippen molar-refractivity contribution < 1.29 is 18.9 Å². The highest BCUT2D eigenvalue weighted by atomic mass is 32.1. The molecule has 2 N–H and O–H groups in total. The second-order valence-corrected chi connectivity index (χ2v) is 6.64. The summed E-state index contributed by atoms with van der Waals surface area (Å²) in [6.07, 6.45) is 6.42. The van der Waals surface area contributed by atoms with Crippen LogP contribution in [0.25, 0.3) is 6.08 Å². The Morgan fingerprint density at radius 2 is 2.21 bits per heavy atom. The summed E-state index contributed by atoms with van der Waals surface area (Å²) in [4.78, 5) is 34.9. The van der Waals surface area contributed by atoms with Crippen LogP contribution < -0.4 is 10.7 Å². The van der Waals surface area contributed by atoms with Crippen molar-refractivity contribution in [2.24, 2.45) is 5.10 Å². The van der Waals surface area contributed by atoms with Crippen molar-refractivity contribution >= 4 is 41.3 Å². The number of carbonyl (C=O) groups excluding carboxylic acids is 2. The van der Waals surface area contributed by atoms with E-state index in [-0.39, 0.29) is 17.6 Å². The van der Waals surface area contributed by atoms with E-state index in [4.69, 9.17) is 4.42 Å². The minimum Gasteiger partial charge on any atom is -0.401 e. The highest BCUT2D eigenvalue weighted by Crippen LogP contribution is 2.16. The van der Waals surface area contributed by atoms with Crippen molar-refractivity contribution in [3.8, 4) is 0 Å². The largest absolute Gasteiger partial charge is 0.433 e. The SMILES string of the molecule is CCCC[C@H](NC(=O)c1cccs1)C(=O)N/N=C/C=C/c1ccc([N+](=O)[O-])o1. The molecule has 1 atom stereocenters. The molecule has 0 aliphatic rings. The molecule has 0 radical (unpaired) electrons. The average molecular weight is 404 g/mol. The number of nitro groups is 1. The highest BCUT2D eigenvalue weighted by Gasteiger charge is 2.21. The summed E-state index contributed by atoms with van der Waals surface area (Å²) < 4.78 is 4.95. The molecule has 2 aromatic heterocycles. The number of hydrogen-bond donors (Lipinski definition) is 2. The normalized spacial score (nSPS) is 12.3. The third kappa shape index (κ3) is 6.47. The Hall–Kier alpha value is -3.27. The molecular formula is C18H20N4O5S. The maximum atomic E-state index is 12.3. The number of amides is 2. The number of allylic oxidation sites excluding steroid dienone is 1. The van der Waals surface area contributed by atoms with Crippen molar-refractivity contribution in [3.05, 3.63) is 56.5 Å². The molecule has 28 heavy (non-hydrogen) atoms. The monoisotopic (exact) mass is 404 g/mol. The fraction of sp³-hybridized carbons (Fsp3) is 0.278. The summed E-state index contributed by atoms with van der Waals surface area (Å²) in [7, 11) is 0. The van der Waals surface area contributed by atoms with E-state index in [2.05, 4.69) is 15.8 Å². The molecule has 0 spiro atoms. The lowest BCUT2D eigenvalue weighted by Gasteiger charge is -2.16. The quantitative estimate of drug-likeness (QED) is 0.357. The van der Waals surface area contributed by atoms with Crippen LogP contribution in [-0.2, 0) is 4.79 Å². The molecule has 0 aromatic carbocycles. The summed E-state index contributed by atoms with van der Waals surface area (Å²) in [5.41, 5.74) is 2.38. The highest BCUT2D eigenvalue weighted by molar-refractivity contribution is 7.12. The molecule has 0 unspecified atom stereocenters. The smallest absolute Gasteiger partial charge is 0.401 e. The number of hydrogen-bond acceptors (Lipinski definition) is 7. The van der Waals surface area contributed by atoms with E-state index in [1.807, 2.05) is 6.92 Å². The van der Waals surface area contributed by atoms with Gasteiger partial charge in [0.25, 0.3) is 11.8 Å². The number of hydrazone groups is 1. The Balaban J connectivity index is 1.88. The Bertz CT molecular complexity index is 857. The molecule has 9 nitrogen and oxygen atoms in total. The van der Waals surface area contributed by atoms with Gasteiger partial charge < -0.3 is 9.73 Å². The summed E-state index contributed by atoms with van der Waals surface area (Å²) >= 11 is 1.30.